The molecule has 0 spiro atoms. The number of nitriles is 1. The van der Waals surface area contributed by atoms with E-state index in [1.165, 1.54) is 0 Å². The van der Waals surface area contributed by atoms with Crippen LogP contribution in [-0.2, 0) is 9.84 Å². The Morgan fingerprint density at radius 1 is 1.39 bits per heavy atom. The number of aromatic nitrogens is 1. The number of hydrogen-bond acceptors (Lipinski definition) is 6. The van der Waals surface area contributed by atoms with Gasteiger partial charge in [-0.05, 0) is 25.0 Å². The molecule has 0 aliphatic carbocycles. The zero-order valence-electron chi connectivity index (χ0n) is 9.76. The molecule has 1 saturated heterocycles. The Labute approximate surface area is 106 Å². The summed E-state index contributed by atoms with van der Waals surface area (Å²) in [4.78, 5) is 4.07. The second kappa shape index (κ2) is 4.82. The van der Waals surface area contributed by atoms with Crippen molar-refractivity contribution in [1.82, 2.24) is 4.98 Å². The van der Waals surface area contributed by atoms with Gasteiger partial charge in [-0.25, -0.2) is 13.4 Å². The first-order valence-corrected chi connectivity index (χ1v) is 7.46. The second-order valence-corrected chi connectivity index (χ2v) is 6.62. The van der Waals surface area contributed by atoms with Crippen LogP contribution in [0.4, 0.5) is 11.5 Å². The molecule has 1 aliphatic heterocycles. The fourth-order valence-corrected chi connectivity index (χ4v) is 3.37. The van der Waals surface area contributed by atoms with Crippen molar-refractivity contribution in [2.45, 2.75) is 18.9 Å². The highest BCUT2D eigenvalue weighted by Crippen LogP contribution is 2.18. The van der Waals surface area contributed by atoms with Crippen molar-refractivity contribution in [3.63, 3.8) is 0 Å². The molecular formula is C11H14N4O2S. The van der Waals surface area contributed by atoms with Crippen LogP contribution in [0.15, 0.2) is 12.1 Å². The number of nitrogen functional groups attached to an aromatic ring is 1. The predicted octanol–water partition coefficient (Wildman–Crippen LogP) is 0.525. The van der Waals surface area contributed by atoms with Gasteiger partial charge in [-0.1, -0.05) is 0 Å². The Balaban J connectivity index is 2.05. The molecule has 0 saturated carbocycles. The number of nitrogens with zero attached hydrogens (tertiary/aromatic N) is 2. The zero-order chi connectivity index (χ0) is 13.2. The summed E-state index contributed by atoms with van der Waals surface area (Å²) in [6.45, 7) is 0. The molecule has 6 nitrogen and oxygen atoms in total. The summed E-state index contributed by atoms with van der Waals surface area (Å²) < 4.78 is 22.6. The normalized spacial score (nSPS) is 19.1. The highest BCUT2D eigenvalue weighted by molar-refractivity contribution is 7.91. The third-order valence-corrected chi connectivity index (χ3v) is 4.65. The van der Waals surface area contributed by atoms with Crippen molar-refractivity contribution in [3.8, 4) is 6.07 Å². The van der Waals surface area contributed by atoms with Crippen LogP contribution in [0.3, 0.4) is 0 Å². The van der Waals surface area contributed by atoms with E-state index in [0.717, 1.165) is 0 Å². The van der Waals surface area contributed by atoms with Crippen molar-refractivity contribution in [3.05, 3.63) is 17.8 Å². The van der Waals surface area contributed by atoms with E-state index in [4.69, 9.17) is 11.0 Å². The Morgan fingerprint density at radius 3 is 2.67 bits per heavy atom. The lowest BCUT2D eigenvalue weighted by Gasteiger charge is -2.23. The lowest BCUT2D eigenvalue weighted by atomic mass is 10.1. The van der Waals surface area contributed by atoms with E-state index in [1.807, 2.05) is 6.07 Å². The summed E-state index contributed by atoms with van der Waals surface area (Å²) in [6, 6.07) is 5.31. The molecule has 2 rings (SSSR count). The molecule has 3 N–H and O–H groups in total. The Kier molecular flexibility index (Phi) is 3.39. The maximum absolute atomic E-state index is 11.3. The summed E-state index contributed by atoms with van der Waals surface area (Å²) in [7, 11) is -2.86. The lowest BCUT2D eigenvalue weighted by Crippen LogP contribution is -2.32. The molecule has 1 aromatic rings. The topological polar surface area (TPSA) is 109 Å². The van der Waals surface area contributed by atoms with Gasteiger partial charge in [-0.3, -0.25) is 0 Å². The molecule has 1 aromatic heterocycles. The summed E-state index contributed by atoms with van der Waals surface area (Å²) in [5.41, 5.74) is 6.10. The molecule has 0 bridgehead atoms. The van der Waals surface area contributed by atoms with E-state index in [9.17, 15) is 8.42 Å². The summed E-state index contributed by atoms with van der Waals surface area (Å²) in [5, 5.41) is 12.0. The van der Waals surface area contributed by atoms with Gasteiger partial charge in [0.2, 0.25) is 0 Å². The van der Waals surface area contributed by atoms with Crippen molar-refractivity contribution >= 4 is 21.3 Å². The molecule has 0 unspecified atom stereocenters. The highest BCUT2D eigenvalue weighted by atomic mass is 32.2. The van der Waals surface area contributed by atoms with Crippen LogP contribution in [-0.4, -0.2) is 30.9 Å². The van der Waals surface area contributed by atoms with E-state index in [1.54, 1.807) is 12.1 Å². The first-order valence-electron chi connectivity index (χ1n) is 5.64. The lowest BCUT2D eigenvalue weighted by molar-refractivity contribution is 0.559. The minimum Gasteiger partial charge on any atom is -0.396 e. The Morgan fingerprint density at radius 2 is 2.06 bits per heavy atom. The first kappa shape index (κ1) is 12.6. The van der Waals surface area contributed by atoms with Gasteiger partial charge >= 0.3 is 0 Å². The molecule has 0 amide bonds. The van der Waals surface area contributed by atoms with Crippen molar-refractivity contribution in [1.29, 1.82) is 5.26 Å². The molecule has 18 heavy (non-hydrogen) atoms. The first-order chi connectivity index (χ1) is 8.50. The smallest absolute Gasteiger partial charge is 0.165 e. The van der Waals surface area contributed by atoms with Crippen LogP contribution in [0.25, 0.3) is 0 Å². The fraction of sp³-hybridized carbons (Fsp3) is 0.455. The van der Waals surface area contributed by atoms with Crippen LogP contribution < -0.4 is 11.1 Å². The number of nitrogens with one attached hydrogen (secondary N) is 1. The van der Waals surface area contributed by atoms with E-state index in [-0.39, 0.29) is 23.2 Å². The van der Waals surface area contributed by atoms with E-state index in [2.05, 4.69) is 10.3 Å². The minimum atomic E-state index is -2.86. The van der Waals surface area contributed by atoms with Crippen LogP contribution in [0.1, 0.15) is 18.5 Å². The number of sulfone groups is 1. The molecule has 1 aliphatic rings. The number of anilines is 2. The maximum atomic E-state index is 11.3. The summed E-state index contributed by atoms with van der Waals surface area (Å²) in [5.74, 6) is 0.959. The zero-order valence-corrected chi connectivity index (χ0v) is 10.6. The van der Waals surface area contributed by atoms with Crippen LogP contribution in [0.5, 0.6) is 0 Å². The number of rotatable bonds is 2. The van der Waals surface area contributed by atoms with Gasteiger partial charge in [0, 0.05) is 6.04 Å². The van der Waals surface area contributed by atoms with Gasteiger partial charge in [-0.15, -0.1) is 0 Å². The third kappa shape index (κ3) is 2.90. The highest BCUT2D eigenvalue weighted by Gasteiger charge is 2.23. The van der Waals surface area contributed by atoms with Gasteiger partial charge in [-0.2, -0.15) is 5.26 Å². The predicted molar refractivity (Wildman–Crippen MR) is 68.7 cm³/mol. The van der Waals surface area contributed by atoms with Crippen molar-refractivity contribution < 1.29 is 8.42 Å². The van der Waals surface area contributed by atoms with Crippen molar-refractivity contribution in [2.24, 2.45) is 0 Å². The van der Waals surface area contributed by atoms with Gasteiger partial charge in [0.15, 0.2) is 5.69 Å². The molecule has 0 radical (unpaired) electrons. The van der Waals surface area contributed by atoms with Gasteiger partial charge in [0.05, 0.1) is 17.2 Å². The second-order valence-electron chi connectivity index (χ2n) is 4.32. The van der Waals surface area contributed by atoms with E-state index in [0.29, 0.717) is 24.3 Å². The van der Waals surface area contributed by atoms with Gasteiger partial charge < -0.3 is 11.1 Å². The summed E-state index contributed by atoms with van der Waals surface area (Å²) >= 11 is 0. The van der Waals surface area contributed by atoms with E-state index >= 15 is 0 Å². The molecule has 2 heterocycles. The molecular weight excluding hydrogens is 252 g/mol. The standard InChI is InChI=1S/C11H14N4O2S/c12-7-10-9(13)1-2-11(15-10)14-8-3-5-18(16,17)6-4-8/h1-2,8H,3-6,13H2,(H,14,15). The molecule has 1 fully saturated rings. The largest absolute Gasteiger partial charge is 0.396 e. The van der Waals surface area contributed by atoms with Crippen LogP contribution >= 0.6 is 0 Å². The number of pyridine rings is 1. The maximum Gasteiger partial charge on any atom is 0.165 e. The van der Waals surface area contributed by atoms with E-state index < -0.39 is 9.84 Å². The average molecular weight is 266 g/mol. The molecule has 0 atom stereocenters. The fourth-order valence-electron chi connectivity index (χ4n) is 1.88. The van der Waals surface area contributed by atoms with Crippen LogP contribution in [0.2, 0.25) is 0 Å². The third-order valence-electron chi connectivity index (χ3n) is 2.94. The quantitative estimate of drug-likeness (QED) is 0.808. The van der Waals surface area contributed by atoms with Crippen molar-refractivity contribution in [2.75, 3.05) is 22.6 Å². The van der Waals surface area contributed by atoms with Gasteiger partial charge in [0.25, 0.3) is 0 Å². The van der Waals surface area contributed by atoms with Crippen LogP contribution in [0, 0.1) is 11.3 Å². The van der Waals surface area contributed by atoms with Gasteiger partial charge in [0.1, 0.15) is 21.7 Å². The molecule has 0 aromatic carbocycles. The number of nitrogens with two attached hydrogens (primary N) is 1. The SMILES string of the molecule is N#Cc1nc(NC2CCS(=O)(=O)CC2)ccc1N. The monoisotopic (exact) mass is 266 g/mol. The number of hydrogen-bond donors (Lipinski definition) is 2. The minimum absolute atomic E-state index is 0.0798. The molecule has 96 valence electrons. The summed E-state index contributed by atoms with van der Waals surface area (Å²) in [6.07, 6.45) is 1.13. The molecule has 7 heteroatoms. The Hall–Kier alpha value is -1.81. The average Bonchev–Trinajstić information content (AvgIpc) is 2.34. The Bertz CT molecular complexity index is 578.